The summed E-state index contributed by atoms with van der Waals surface area (Å²) < 4.78 is 5.48. The third kappa shape index (κ3) is 7.33. The van der Waals surface area contributed by atoms with Gasteiger partial charge in [-0.3, -0.25) is 4.79 Å². The van der Waals surface area contributed by atoms with E-state index in [9.17, 15) is 9.59 Å². The Labute approximate surface area is 185 Å². The van der Waals surface area contributed by atoms with Crippen molar-refractivity contribution in [1.82, 2.24) is 0 Å². The molecule has 0 atom stereocenters. The third-order valence-electron chi connectivity index (χ3n) is 4.28. The van der Waals surface area contributed by atoms with E-state index >= 15 is 0 Å². The number of ether oxygens (including phenoxy) is 1. The van der Waals surface area contributed by atoms with Gasteiger partial charge in [-0.05, 0) is 53.9 Å². The number of nitrogens with zero attached hydrogens (tertiary/aromatic N) is 2. The van der Waals surface area contributed by atoms with Gasteiger partial charge in [-0.15, -0.1) is 0 Å². The molecule has 0 aromatic heterocycles. The number of hydrogen-bond acceptors (Lipinski definition) is 5. The standard InChI is InChI=1S/C17H15NO3.C8H5NO2/c18-12-13-3-5-14(6-4-13)15-7-9-16(10-8-15)21-11-1-2-17(19)20;9-5-6-3-1-2-4-7(6)8(10)11/h3-10H,1-2,11H2,(H,19,20);1-4H,(H,10,11). The molecule has 32 heavy (non-hydrogen) atoms. The number of nitriles is 2. The maximum absolute atomic E-state index is 10.4. The lowest BCUT2D eigenvalue weighted by Crippen LogP contribution is -2.01. The fourth-order valence-corrected chi connectivity index (χ4v) is 2.66. The van der Waals surface area contributed by atoms with Gasteiger partial charge in [0.15, 0.2) is 0 Å². The van der Waals surface area contributed by atoms with Crippen LogP contribution in [0.25, 0.3) is 11.1 Å². The summed E-state index contributed by atoms with van der Waals surface area (Å²) in [7, 11) is 0. The van der Waals surface area contributed by atoms with Crippen molar-refractivity contribution in [2.75, 3.05) is 6.61 Å². The zero-order valence-electron chi connectivity index (χ0n) is 17.1. The fraction of sp³-hybridized carbons (Fsp3) is 0.120. The van der Waals surface area contributed by atoms with Gasteiger partial charge in [0.2, 0.25) is 0 Å². The van der Waals surface area contributed by atoms with Crippen LogP contribution in [0.2, 0.25) is 0 Å². The topological polar surface area (TPSA) is 131 Å². The van der Waals surface area contributed by atoms with E-state index in [-0.39, 0.29) is 17.5 Å². The van der Waals surface area contributed by atoms with Crippen LogP contribution in [0, 0.1) is 22.7 Å². The number of hydrogen-bond donors (Lipinski definition) is 2. The number of carbonyl (C=O) groups is 2. The van der Waals surface area contributed by atoms with Crippen LogP contribution in [0.3, 0.4) is 0 Å². The molecule has 0 aliphatic carbocycles. The molecule has 3 aromatic rings. The highest BCUT2D eigenvalue weighted by Gasteiger charge is 2.06. The number of aromatic carboxylic acids is 1. The highest BCUT2D eigenvalue weighted by atomic mass is 16.5. The Bertz CT molecular complexity index is 1140. The molecule has 0 saturated heterocycles. The maximum Gasteiger partial charge on any atom is 0.337 e. The molecule has 0 unspecified atom stereocenters. The SMILES string of the molecule is N#Cc1ccc(-c2ccc(OCCCC(=O)O)cc2)cc1.N#Cc1ccccc1C(=O)O. The Kier molecular flexibility index (Phi) is 8.99. The quantitative estimate of drug-likeness (QED) is 0.520. The van der Waals surface area contributed by atoms with Crippen molar-refractivity contribution in [3.63, 3.8) is 0 Å². The summed E-state index contributed by atoms with van der Waals surface area (Å²) in [6, 6.07) is 24.9. The van der Waals surface area contributed by atoms with Crippen molar-refractivity contribution < 1.29 is 24.5 Å². The summed E-state index contributed by atoms with van der Waals surface area (Å²) >= 11 is 0. The molecule has 0 saturated carbocycles. The lowest BCUT2D eigenvalue weighted by atomic mass is 10.0. The van der Waals surface area contributed by atoms with Crippen molar-refractivity contribution in [3.8, 4) is 29.0 Å². The summed E-state index contributed by atoms with van der Waals surface area (Å²) in [6.45, 7) is 0.391. The van der Waals surface area contributed by atoms with Crippen LogP contribution in [0.1, 0.15) is 34.3 Å². The Balaban J connectivity index is 0.000000278. The first-order chi connectivity index (χ1) is 15.4. The molecule has 0 amide bonds. The molecular weight excluding hydrogens is 408 g/mol. The number of carboxylic acid groups (broad SMARTS) is 2. The average Bonchev–Trinajstić information content (AvgIpc) is 2.82. The Hall–Kier alpha value is -4.62. The second-order valence-corrected chi connectivity index (χ2v) is 6.52. The highest BCUT2D eigenvalue weighted by molar-refractivity contribution is 5.90. The lowest BCUT2D eigenvalue weighted by molar-refractivity contribution is -0.137. The zero-order chi connectivity index (χ0) is 23.3. The molecule has 0 spiro atoms. The minimum Gasteiger partial charge on any atom is -0.494 e. The predicted octanol–water partition coefficient (Wildman–Crippen LogP) is 4.73. The number of aliphatic carboxylic acids is 1. The molecular formula is C25H20N2O5. The summed E-state index contributed by atoms with van der Waals surface area (Å²) in [5.74, 6) is -1.16. The third-order valence-corrected chi connectivity index (χ3v) is 4.28. The molecule has 160 valence electrons. The van der Waals surface area contributed by atoms with Gasteiger partial charge in [0.25, 0.3) is 0 Å². The van der Waals surface area contributed by atoms with Gasteiger partial charge in [-0.25, -0.2) is 4.79 Å². The Morgan fingerprint density at radius 2 is 1.41 bits per heavy atom. The van der Waals surface area contributed by atoms with Crippen LogP contribution >= 0.6 is 0 Å². The molecule has 3 rings (SSSR count). The first-order valence-electron chi connectivity index (χ1n) is 9.62. The smallest absolute Gasteiger partial charge is 0.337 e. The largest absolute Gasteiger partial charge is 0.494 e. The van der Waals surface area contributed by atoms with E-state index in [4.69, 9.17) is 25.5 Å². The molecule has 0 heterocycles. The fourth-order valence-electron chi connectivity index (χ4n) is 2.66. The van der Waals surface area contributed by atoms with E-state index in [0.717, 1.165) is 16.9 Å². The number of benzene rings is 3. The average molecular weight is 428 g/mol. The van der Waals surface area contributed by atoms with Gasteiger partial charge >= 0.3 is 11.9 Å². The van der Waals surface area contributed by atoms with E-state index in [1.807, 2.05) is 36.4 Å². The van der Waals surface area contributed by atoms with Crippen molar-refractivity contribution in [2.24, 2.45) is 0 Å². The van der Waals surface area contributed by atoms with Crippen LogP contribution in [-0.2, 0) is 4.79 Å². The normalized spacial score (nSPS) is 9.44. The summed E-state index contributed by atoms with van der Waals surface area (Å²) in [5, 5.41) is 34.3. The molecule has 7 nitrogen and oxygen atoms in total. The predicted molar refractivity (Wildman–Crippen MR) is 117 cm³/mol. The van der Waals surface area contributed by atoms with E-state index in [2.05, 4.69) is 6.07 Å². The molecule has 0 bridgehead atoms. The molecule has 0 fully saturated rings. The van der Waals surface area contributed by atoms with Gasteiger partial charge in [0, 0.05) is 6.42 Å². The molecule has 0 aliphatic heterocycles. The second kappa shape index (κ2) is 12.2. The number of rotatable bonds is 7. The monoisotopic (exact) mass is 428 g/mol. The molecule has 2 N–H and O–H groups in total. The minimum absolute atomic E-state index is 0.0509. The van der Waals surface area contributed by atoms with Crippen LogP contribution < -0.4 is 4.74 Å². The Morgan fingerprint density at radius 3 is 1.91 bits per heavy atom. The highest BCUT2D eigenvalue weighted by Crippen LogP contribution is 2.22. The molecule has 7 heteroatoms. The number of carboxylic acids is 2. The van der Waals surface area contributed by atoms with Crippen LogP contribution in [0.5, 0.6) is 5.75 Å². The molecule has 0 radical (unpaired) electrons. The Morgan fingerprint density at radius 1 is 0.812 bits per heavy atom. The molecule has 0 aliphatic rings. The first-order valence-corrected chi connectivity index (χ1v) is 9.62. The van der Waals surface area contributed by atoms with Gasteiger partial charge in [-0.2, -0.15) is 10.5 Å². The van der Waals surface area contributed by atoms with Crippen LogP contribution in [0.4, 0.5) is 0 Å². The van der Waals surface area contributed by atoms with Crippen molar-refractivity contribution in [2.45, 2.75) is 12.8 Å². The van der Waals surface area contributed by atoms with Crippen LogP contribution in [-0.4, -0.2) is 28.8 Å². The van der Waals surface area contributed by atoms with E-state index in [0.29, 0.717) is 18.6 Å². The summed E-state index contributed by atoms with van der Waals surface area (Å²) in [4.78, 5) is 20.8. The van der Waals surface area contributed by atoms with Crippen molar-refractivity contribution in [1.29, 1.82) is 10.5 Å². The van der Waals surface area contributed by atoms with E-state index < -0.39 is 11.9 Å². The summed E-state index contributed by atoms with van der Waals surface area (Å²) in [6.07, 6.45) is 0.607. The molecule has 3 aromatic carbocycles. The van der Waals surface area contributed by atoms with E-state index in [1.54, 1.807) is 30.3 Å². The van der Waals surface area contributed by atoms with Crippen LogP contribution in [0.15, 0.2) is 72.8 Å². The maximum atomic E-state index is 10.4. The van der Waals surface area contributed by atoms with Gasteiger partial charge in [0.1, 0.15) is 11.8 Å². The first kappa shape index (κ1) is 23.7. The van der Waals surface area contributed by atoms with Gasteiger partial charge in [-0.1, -0.05) is 36.4 Å². The van der Waals surface area contributed by atoms with Crippen molar-refractivity contribution >= 4 is 11.9 Å². The van der Waals surface area contributed by atoms with Gasteiger partial charge < -0.3 is 14.9 Å². The minimum atomic E-state index is -1.07. The van der Waals surface area contributed by atoms with Crippen molar-refractivity contribution in [3.05, 3.63) is 89.5 Å². The second-order valence-electron chi connectivity index (χ2n) is 6.52. The van der Waals surface area contributed by atoms with Gasteiger partial charge in [0.05, 0.1) is 29.4 Å². The van der Waals surface area contributed by atoms with E-state index in [1.165, 1.54) is 12.1 Å². The summed E-state index contributed by atoms with van der Waals surface area (Å²) in [5.41, 5.74) is 2.95. The lowest BCUT2D eigenvalue weighted by Gasteiger charge is -2.07. The zero-order valence-corrected chi connectivity index (χ0v) is 17.1.